The molecule has 4 aliphatic carbocycles. The maximum Gasteiger partial charge on any atom is 0.319 e. The summed E-state index contributed by atoms with van der Waals surface area (Å²) in [5.41, 5.74) is 0.953. The fraction of sp³-hybridized carbons (Fsp3) is 0.567. The number of carbonyl (C=O) groups excluding carboxylic acids is 1. The number of hydrogen-bond donors (Lipinski definition) is 4. The lowest BCUT2D eigenvalue weighted by molar-refractivity contribution is -0.195. The monoisotopic (exact) mass is 474 g/mol. The van der Waals surface area contributed by atoms with Crippen LogP contribution >= 0.6 is 0 Å². The van der Waals surface area contributed by atoms with E-state index in [0.717, 1.165) is 60.6 Å². The molecule has 4 N–H and O–H groups in total. The van der Waals surface area contributed by atoms with Crippen molar-refractivity contribution in [3.05, 3.63) is 54.6 Å². The van der Waals surface area contributed by atoms with Gasteiger partial charge in [0.2, 0.25) is 0 Å². The number of aliphatic hydroxyl groups excluding tert-OH is 2. The molecule has 4 saturated carbocycles. The van der Waals surface area contributed by atoms with Crippen LogP contribution in [0.15, 0.2) is 54.6 Å². The van der Waals surface area contributed by atoms with Crippen molar-refractivity contribution in [1.82, 2.24) is 5.32 Å². The largest absolute Gasteiger partial charge is 0.393 e. The molecule has 35 heavy (non-hydrogen) atoms. The van der Waals surface area contributed by atoms with Crippen LogP contribution < -0.4 is 10.6 Å². The second kappa shape index (κ2) is 7.81. The molecule has 2 aromatic rings. The smallest absolute Gasteiger partial charge is 0.319 e. The normalized spacial score (nSPS) is 42.3. The van der Waals surface area contributed by atoms with Crippen molar-refractivity contribution < 1.29 is 15.0 Å². The lowest BCUT2D eigenvalue weighted by Crippen LogP contribution is -2.67. The molecule has 186 valence electrons. The molecule has 2 unspecified atom stereocenters. The number of fused-ring (bicyclic) bond motifs is 4. The van der Waals surface area contributed by atoms with Gasteiger partial charge in [-0.2, -0.15) is 0 Å². The molecule has 6 rings (SSSR count). The summed E-state index contributed by atoms with van der Waals surface area (Å²) in [5, 5.41) is 31.4. The Hall–Kier alpha value is -2.37. The van der Waals surface area contributed by atoms with Gasteiger partial charge >= 0.3 is 6.03 Å². The summed E-state index contributed by atoms with van der Waals surface area (Å²) >= 11 is 0. The van der Waals surface area contributed by atoms with Crippen LogP contribution in [-0.2, 0) is 0 Å². The number of aliphatic hydroxyl groups is 2. The Morgan fingerprint density at radius 1 is 1.06 bits per heavy atom. The van der Waals surface area contributed by atoms with Crippen LogP contribution in [0.3, 0.4) is 0 Å². The third-order valence-electron chi connectivity index (χ3n) is 10.6. The topological polar surface area (TPSA) is 81.6 Å². The first-order valence-corrected chi connectivity index (χ1v) is 13.3. The van der Waals surface area contributed by atoms with E-state index in [4.69, 9.17) is 0 Å². The van der Waals surface area contributed by atoms with E-state index in [9.17, 15) is 15.0 Å². The molecule has 2 bridgehead atoms. The number of nitrogens with one attached hydrogen (secondary N) is 2. The number of rotatable bonds is 2. The van der Waals surface area contributed by atoms with Crippen LogP contribution in [0, 0.1) is 28.6 Å². The van der Waals surface area contributed by atoms with Gasteiger partial charge in [-0.1, -0.05) is 56.3 Å². The molecule has 4 fully saturated rings. The van der Waals surface area contributed by atoms with E-state index in [2.05, 4.69) is 43.2 Å². The number of carbonyl (C=O) groups is 1. The summed E-state index contributed by atoms with van der Waals surface area (Å²) in [6.45, 7) is 8.74. The molecule has 5 nitrogen and oxygen atoms in total. The standard InChI is InChI=1S/C30H38N2O3/c1-18-20-16-23(33)25-28(2)13-7-14-29(3,24(28)12-15-30(25,17-20)26(18)34)32-27(35)31-22-11-6-9-19-8-4-5-10-21(19)22/h4-6,8-11,20,23-26,33-34H,1,7,12-17H2,2-3H3,(H2,31,32,35)/t20-,23+,24?,25?,26-,28-,29-,30-/m1/s1. The fourth-order valence-electron chi connectivity index (χ4n) is 9.37. The number of hydrogen-bond acceptors (Lipinski definition) is 3. The second-order valence-corrected chi connectivity index (χ2v) is 12.4. The molecule has 0 aromatic heterocycles. The molecule has 4 aliphatic rings. The van der Waals surface area contributed by atoms with E-state index in [1.165, 1.54) is 0 Å². The van der Waals surface area contributed by atoms with Gasteiger partial charge in [0.05, 0.1) is 17.9 Å². The van der Waals surface area contributed by atoms with Crippen molar-refractivity contribution >= 4 is 22.5 Å². The van der Waals surface area contributed by atoms with Crippen molar-refractivity contribution in [3.8, 4) is 0 Å². The highest BCUT2D eigenvalue weighted by atomic mass is 16.3. The highest BCUT2D eigenvalue weighted by Crippen LogP contribution is 2.70. The number of urea groups is 1. The third kappa shape index (κ3) is 3.24. The summed E-state index contributed by atoms with van der Waals surface area (Å²) in [4.78, 5) is 13.4. The lowest BCUT2D eigenvalue weighted by atomic mass is 9.41. The Balaban J connectivity index is 1.28. The lowest BCUT2D eigenvalue weighted by Gasteiger charge is -2.65. The zero-order chi connectivity index (χ0) is 24.6. The van der Waals surface area contributed by atoms with Gasteiger partial charge in [-0.15, -0.1) is 0 Å². The van der Waals surface area contributed by atoms with Crippen LogP contribution in [0.1, 0.15) is 58.8 Å². The van der Waals surface area contributed by atoms with Crippen LogP contribution in [0.25, 0.3) is 10.8 Å². The summed E-state index contributed by atoms with van der Waals surface area (Å²) in [6, 6.07) is 13.9. The Morgan fingerprint density at radius 3 is 2.66 bits per heavy atom. The highest BCUT2D eigenvalue weighted by Gasteiger charge is 2.69. The molecule has 0 heterocycles. The van der Waals surface area contributed by atoms with E-state index in [0.29, 0.717) is 6.42 Å². The Morgan fingerprint density at radius 2 is 1.83 bits per heavy atom. The minimum Gasteiger partial charge on any atom is -0.393 e. The third-order valence-corrected chi connectivity index (χ3v) is 10.6. The summed E-state index contributed by atoms with van der Waals surface area (Å²) in [7, 11) is 0. The van der Waals surface area contributed by atoms with Crippen LogP contribution in [0.4, 0.5) is 10.5 Å². The molecular formula is C30H38N2O3. The summed E-state index contributed by atoms with van der Waals surface area (Å²) in [6.07, 6.45) is 5.47. The predicted molar refractivity (Wildman–Crippen MR) is 139 cm³/mol. The molecule has 5 heteroatoms. The van der Waals surface area contributed by atoms with Gasteiger partial charge in [0.1, 0.15) is 0 Å². The average molecular weight is 475 g/mol. The molecule has 2 aromatic carbocycles. The molecule has 0 saturated heterocycles. The number of amides is 2. The Bertz CT molecular complexity index is 1190. The second-order valence-electron chi connectivity index (χ2n) is 12.4. The van der Waals surface area contributed by atoms with Crippen LogP contribution in [-0.4, -0.2) is 34.0 Å². The quantitative estimate of drug-likeness (QED) is 0.426. The van der Waals surface area contributed by atoms with Gasteiger partial charge < -0.3 is 20.8 Å². The molecule has 2 amide bonds. The van der Waals surface area contributed by atoms with Gasteiger partial charge in [0.25, 0.3) is 0 Å². The van der Waals surface area contributed by atoms with Crippen molar-refractivity contribution in [2.24, 2.45) is 28.6 Å². The first-order valence-electron chi connectivity index (χ1n) is 13.3. The highest BCUT2D eigenvalue weighted by molar-refractivity contribution is 6.01. The Kier molecular flexibility index (Phi) is 5.15. The zero-order valence-corrected chi connectivity index (χ0v) is 20.9. The number of benzene rings is 2. The van der Waals surface area contributed by atoms with Crippen molar-refractivity contribution in [2.75, 3.05) is 5.32 Å². The Labute approximate surface area is 208 Å². The SMILES string of the molecule is C=C1[C@@H]2C[C@H](O)C3[C@]4(C)CCC[C@@](C)(NC(=O)Nc5cccc6ccccc56)C4CC[C@]3(C2)[C@@H]1O. The van der Waals surface area contributed by atoms with E-state index in [1.54, 1.807) is 0 Å². The maximum absolute atomic E-state index is 13.4. The van der Waals surface area contributed by atoms with Crippen LogP contribution in [0.2, 0.25) is 0 Å². The first-order chi connectivity index (χ1) is 16.7. The minimum atomic E-state index is -0.525. The van der Waals surface area contributed by atoms with Gasteiger partial charge in [0, 0.05) is 16.3 Å². The van der Waals surface area contributed by atoms with Crippen molar-refractivity contribution in [2.45, 2.75) is 76.5 Å². The summed E-state index contributed by atoms with van der Waals surface area (Å²) in [5.74, 6) is 0.502. The number of anilines is 1. The van der Waals surface area contributed by atoms with Crippen LogP contribution in [0.5, 0.6) is 0 Å². The minimum absolute atomic E-state index is 0.0294. The molecule has 0 radical (unpaired) electrons. The molecule has 8 atom stereocenters. The fourth-order valence-corrected chi connectivity index (χ4v) is 9.37. The summed E-state index contributed by atoms with van der Waals surface area (Å²) < 4.78 is 0. The zero-order valence-electron chi connectivity index (χ0n) is 20.9. The van der Waals surface area contributed by atoms with E-state index in [1.807, 2.05) is 30.3 Å². The predicted octanol–water partition coefficient (Wildman–Crippen LogP) is 5.62. The van der Waals surface area contributed by atoms with Gasteiger partial charge in [-0.3, -0.25) is 0 Å². The average Bonchev–Trinajstić information content (AvgIpc) is 2.99. The van der Waals surface area contributed by atoms with E-state index < -0.39 is 12.2 Å². The van der Waals surface area contributed by atoms with Gasteiger partial charge in [-0.05, 0) is 85.6 Å². The van der Waals surface area contributed by atoms with Crippen molar-refractivity contribution in [3.63, 3.8) is 0 Å². The van der Waals surface area contributed by atoms with Gasteiger partial charge in [-0.25, -0.2) is 4.79 Å². The first kappa shape index (κ1) is 23.1. The molecule has 1 spiro atoms. The van der Waals surface area contributed by atoms with Crippen molar-refractivity contribution in [1.29, 1.82) is 0 Å². The molecule has 0 aliphatic heterocycles. The maximum atomic E-state index is 13.4. The van der Waals surface area contributed by atoms with Gasteiger partial charge in [0.15, 0.2) is 0 Å². The molecular weight excluding hydrogens is 436 g/mol. The van der Waals surface area contributed by atoms with E-state index in [-0.39, 0.29) is 40.2 Å². The van der Waals surface area contributed by atoms with E-state index >= 15 is 0 Å².